The number of nitriles is 1. The van der Waals surface area contributed by atoms with Crippen LogP contribution in [0.25, 0.3) is 22.9 Å². The number of benzene rings is 2. The van der Waals surface area contributed by atoms with Gasteiger partial charge in [-0.15, -0.1) is 11.3 Å². The number of thiazole rings is 1. The first-order chi connectivity index (χ1) is 12.2. The fourth-order valence-corrected chi connectivity index (χ4v) is 3.44. The molecule has 0 aliphatic carbocycles. The Morgan fingerprint density at radius 3 is 2.56 bits per heavy atom. The second-order valence-corrected chi connectivity index (χ2v) is 7.32. The zero-order valence-electron chi connectivity index (χ0n) is 13.6. The molecule has 0 radical (unpaired) electrons. The van der Waals surface area contributed by atoms with Gasteiger partial charge in [0, 0.05) is 14.5 Å². The van der Waals surface area contributed by atoms with Crippen LogP contribution in [0.3, 0.4) is 0 Å². The van der Waals surface area contributed by atoms with E-state index in [1.165, 1.54) is 14.9 Å². The van der Waals surface area contributed by atoms with E-state index in [1.54, 1.807) is 0 Å². The molecule has 25 heavy (non-hydrogen) atoms. The van der Waals surface area contributed by atoms with E-state index in [4.69, 9.17) is 4.74 Å². The summed E-state index contributed by atoms with van der Waals surface area (Å²) in [6.45, 7) is 2.61. The van der Waals surface area contributed by atoms with E-state index in [0.717, 1.165) is 27.6 Å². The van der Waals surface area contributed by atoms with Gasteiger partial charge in [0.15, 0.2) is 0 Å². The van der Waals surface area contributed by atoms with E-state index in [-0.39, 0.29) is 0 Å². The molecule has 0 N–H and O–H groups in total. The topological polar surface area (TPSA) is 45.9 Å². The van der Waals surface area contributed by atoms with Crippen LogP contribution >= 0.6 is 33.9 Å². The SMILES string of the molecule is CCOc1ccc(-c2csc(/C(C#N)=C/c3ccc(I)cc3)n2)cc1. The quantitative estimate of drug-likeness (QED) is 0.355. The third-order valence-electron chi connectivity index (χ3n) is 3.50. The Bertz CT molecular complexity index is 922. The Balaban J connectivity index is 1.86. The number of hydrogen-bond acceptors (Lipinski definition) is 4. The van der Waals surface area contributed by atoms with Crippen molar-refractivity contribution in [2.24, 2.45) is 0 Å². The minimum absolute atomic E-state index is 0.573. The van der Waals surface area contributed by atoms with Crippen LogP contribution in [0.2, 0.25) is 0 Å². The Morgan fingerprint density at radius 2 is 1.92 bits per heavy atom. The van der Waals surface area contributed by atoms with Crippen molar-refractivity contribution in [2.45, 2.75) is 6.92 Å². The van der Waals surface area contributed by atoms with Crippen LogP contribution < -0.4 is 4.74 Å². The van der Waals surface area contributed by atoms with Gasteiger partial charge in [-0.3, -0.25) is 0 Å². The molecule has 0 aliphatic rings. The van der Waals surface area contributed by atoms with E-state index in [1.807, 2.05) is 66.9 Å². The number of halogens is 1. The minimum Gasteiger partial charge on any atom is -0.494 e. The number of allylic oxidation sites excluding steroid dienone is 1. The maximum absolute atomic E-state index is 9.50. The summed E-state index contributed by atoms with van der Waals surface area (Å²) in [5.41, 5.74) is 3.45. The van der Waals surface area contributed by atoms with Crippen molar-refractivity contribution in [1.82, 2.24) is 4.98 Å². The van der Waals surface area contributed by atoms with Gasteiger partial charge in [0.1, 0.15) is 16.8 Å². The molecule has 3 nitrogen and oxygen atoms in total. The van der Waals surface area contributed by atoms with Crippen LogP contribution in [0.1, 0.15) is 17.5 Å². The van der Waals surface area contributed by atoms with Crippen molar-refractivity contribution in [2.75, 3.05) is 6.61 Å². The summed E-state index contributed by atoms with van der Waals surface area (Å²) in [5.74, 6) is 0.845. The molecule has 0 fully saturated rings. The predicted molar refractivity (Wildman–Crippen MR) is 111 cm³/mol. The minimum atomic E-state index is 0.573. The van der Waals surface area contributed by atoms with E-state index in [0.29, 0.717) is 12.2 Å². The summed E-state index contributed by atoms with van der Waals surface area (Å²) in [5, 5.41) is 12.2. The van der Waals surface area contributed by atoms with Gasteiger partial charge in [-0.05, 0) is 77.6 Å². The first kappa shape index (κ1) is 17.6. The molecule has 5 heteroatoms. The standard InChI is InChI=1S/C20H15IN2OS/c1-2-24-18-9-5-15(6-10-18)19-13-25-20(23-19)16(12-22)11-14-3-7-17(21)8-4-14/h3-11,13H,2H2,1H3/b16-11+. The molecule has 0 amide bonds. The highest BCUT2D eigenvalue weighted by atomic mass is 127. The highest BCUT2D eigenvalue weighted by molar-refractivity contribution is 14.1. The van der Waals surface area contributed by atoms with Gasteiger partial charge >= 0.3 is 0 Å². The molecular weight excluding hydrogens is 443 g/mol. The van der Waals surface area contributed by atoms with Gasteiger partial charge in [0.05, 0.1) is 17.9 Å². The molecule has 0 atom stereocenters. The third kappa shape index (κ3) is 4.47. The van der Waals surface area contributed by atoms with Crippen molar-refractivity contribution in [3.05, 3.63) is 68.1 Å². The summed E-state index contributed by atoms with van der Waals surface area (Å²) in [6.07, 6.45) is 1.87. The van der Waals surface area contributed by atoms with Gasteiger partial charge in [-0.1, -0.05) is 12.1 Å². The average Bonchev–Trinajstić information content (AvgIpc) is 3.12. The van der Waals surface area contributed by atoms with Crippen LogP contribution in [0.4, 0.5) is 0 Å². The van der Waals surface area contributed by atoms with E-state index < -0.39 is 0 Å². The molecule has 0 saturated heterocycles. The fourth-order valence-electron chi connectivity index (χ4n) is 2.29. The molecule has 124 valence electrons. The molecular formula is C20H15IN2OS. The molecule has 0 saturated carbocycles. The zero-order valence-corrected chi connectivity index (χ0v) is 16.5. The maximum Gasteiger partial charge on any atom is 0.134 e. The molecule has 2 aromatic carbocycles. The monoisotopic (exact) mass is 458 g/mol. The summed E-state index contributed by atoms with van der Waals surface area (Å²) in [4.78, 5) is 4.63. The number of nitrogens with zero attached hydrogens (tertiary/aromatic N) is 2. The van der Waals surface area contributed by atoms with Gasteiger partial charge in [-0.25, -0.2) is 4.98 Å². The van der Waals surface area contributed by atoms with Gasteiger partial charge < -0.3 is 4.74 Å². The number of hydrogen-bond donors (Lipinski definition) is 0. The second kappa shape index (κ2) is 8.28. The van der Waals surface area contributed by atoms with Crippen molar-refractivity contribution < 1.29 is 4.74 Å². The molecule has 0 aliphatic heterocycles. The lowest BCUT2D eigenvalue weighted by Gasteiger charge is -2.03. The third-order valence-corrected chi connectivity index (χ3v) is 5.09. The predicted octanol–water partition coefficient (Wildman–Crippen LogP) is 5.88. The summed E-state index contributed by atoms with van der Waals surface area (Å²) >= 11 is 3.74. The van der Waals surface area contributed by atoms with Crippen molar-refractivity contribution >= 4 is 45.6 Å². The molecule has 0 unspecified atom stereocenters. The average molecular weight is 458 g/mol. The molecule has 3 rings (SSSR count). The van der Waals surface area contributed by atoms with Crippen molar-refractivity contribution in [3.63, 3.8) is 0 Å². The fraction of sp³-hybridized carbons (Fsp3) is 0.100. The first-order valence-electron chi connectivity index (χ1n) is 7.76. The summed E-state index contributed by atoms with van der Waals surface area (Å²) in [7, 11) is 0. The Morgan fingerprint density at radius 1 is 1.20 bits per heavy atom. The van der Waals surface area contributed by atoms with Crippen LogP contribution in [0, 0.1) is 14.9 Å². The van der Waals surface area contributed by atoms with Crippen molar-refractivity contribution in [1.29, 1.82) is 5.26 Å². The van der Waals surface area contributed by atoms with E-state index in [9.17, 15) is 5.26 Å². The number of rotatable bonds is 5. The lowest BCUT2D eigenvalue weighted by molar-refractivity contribution is 0.340. The lowest BCUT2D eigenvalue weighted by atomic mass is 10.1. The highest BCUT2D eigenvalue weighted by Gasteiger charge is 2.09. The van der Waals surface area contributed by atoms with Crippen molar-refractivity contribution in [3.8, 4) is 23.1 Å². The summed E-state index contributed by atoms with van der Waals surface area (Å²) in [6, 6.07) is 18.1. The largest absolute Gasteiger partial charge is 0.494 e. The van der Waals surface area contributed by atoms with Crippen LogP contribution in [0.15, 0.2) is 53.9 Å². The number of ether oxygens (including phenoxy) is 1. The highest BCUT2D eigenvalue weighted by Crippen LogP contribution is 2.28. The normalized spacial score (nSPS) is 11.2. The summed E-state index contributed by atoms with van der Waals surface area (Å²) < 4.78 is 6.63. The molecule has 3 aromatic rings. The maximum atomic E-state index is 9.50. The lowest BCUT2D eigenvalue weighted by Crippen LogP contribution is -1.90. The van der Waals surface area contributed by atoms with Gasteiger partial charge in [-0.2, -0.15) is 5.26 Å². The van der Waals surface area contributed by atoms with E-state index >= 15 is 0 Å². The molecule has 1 aromatic heterocycles. The number of aromatic nitrogens is 1. The van der Waals surface area contributed by atoms with Gasteiger partial charge in [0.25, 0.3) is 0 Å². The first-order valence-corrected chi connectivity index (χ1v) is 9.72. The second-order valence-electron chi connectivity index (χ2n) is 5.22. The Labute approximate surface area is 164 Å². The van der Waals surface area contributed by atoms with E-state index in [2.05, 4.69) is 33.6 Å². The Hall–Kier alpha value is -2.17. The van der Waals surface area contributed by atoms with Crippen LogP contribution in [-0.4, -0.2) is 11.6 Å². The molecule has 0 bridgehead atoms. The molecule has 0 spiro atoms. The smallest absolute Gasteiger partial charge is 0.134 e. The zero-order chi connectivity index (χ0) is 17.6. The van der Waals surface area contributed by atoms with Crippen LogP contribution in [0.5, 0.6) is 5.75 Å². The Kier molecular flexibility index (Phi) is 5.84. The van der Waals surface area contributed by atoms with Crippen LogP contribution in [-0.2, 0) is 0 Å². The molecule has 1 heterocycles. The van der Waals surface area contributed by atoms with Gasteiger partial charge in [0.2, 0.25) is 0 Å².